The predicted molar refractivity (Wildman–Crippen MR) is 99.9 cm³/mol. The van der Waals surface area contributed by atoms with Crippen molar-refractivity contribution in [1.29, 1.82) is 0 Å². The Labute approximate surface area is 158 Å². The maximum atomic E-state index is 12.6. The number of para-hydroxylation sites is 2. The van der Waals surface area contributed by atoms with E-state index < -0.39 is 12.5 Å². The monoisotopic (exact) mass is 392 g/mol. The third kappa shape index (κ3) is 4.71. The number of halogens is 2. The molecule has 0 bridgehead atoms. The first-order valence-corrected chi connectivity index (χ1v) is 9.14. The Balaban J connectivity index is 1.59. The van der Waals surface area contributed by atoms with Crippen molar-refractivity contribution in [3.8, 4) is 11.5 Å². The molecular weight excluding hydrogens is 374 g/mol. The van der Waals surface area contributed by atoms with Crippen molar-refractivity contribution in [2.75, 3.05) is 13.7 Å². The summed E-state index contributed by atoms with van der Waals surface area (Å²) in [7, 11) is 1.33. The van der Waals surface area contributed by atoms with Crippen LogP contribution in [-0.4, -0.2) is 31.2 Å². The number of alkyl halides is 2. The summed E-state index contributed by atoms with van der Waals surface area (Å²) in [5, 5.41) is 3.72. The minimum Gasteiger partial charge on any atom is -0.493 e. The Bertz CT molecular complexity index is 897. The number of hydrogen-bond donors (Lipinski definition) is 1. The second-order valence-corrected chi connectivity index (χ2v) is 6.77. The third-order valence-electron chi connectivity index (χ3n) is 3.84. The Kier molecular flexibility index (Phi) is 6.18. The molecule has 0 saturated carbocycles. The van der Waals surface area contributed by atoms with Crippen LogP contribution in [0.5, 0.6) is 11.5 Å². The number of aryl methyl sites for hydroxylation is 1. The van der Waals surface area contributed by atoms with E-state index in [1.165, 1.54) is 19.2 Å². The molecular formula is C19H18F2N2O3S. The molecule has 0 unspecified atom stereocenters. The molecule has 8 heteroatoms. The smallest absolute Gasteiger partial charge is 0.387 e. The Morgan fingerprint density at radius 3 is 2.78 bits per heavy atom. The number of nitrogens with zero attached hydrogens (tertiary/aromatic N) is 1. The van der Waals surface area contributed by atoms with Crippen LogP contribution in [0, 0.1) is 0 Å². The lowest BCUT2D eigenvalue weighted by Gasteiger charge is -2.14. The lowest BCUT2D eigenvalue weighted by Crippen LogP contribution is -2.25. The largest absolute Gasteiger partial charge is 0.493 e. The summed E-state index contributed by atoms with van der Waals surface area (Å²) in [5.41, 5.74) is 0.973. The van der Waals surface area contributed by atoms with E-state index in [1.54, 1.807) is 17.4 Å². The van der Waals surface area contributed by atoms with Crippen LogP contribution in [0.3, 0.4) is 0 Å². The number of hydrogen-bond acceptors (Lipinski definition) is 5. The second kappa shape index (κ2) is 8.77. The molecule has 1 N–H and O–H groups in total. The molecule has 0 aliphatic heterocycles. The molecule has 5 nitrogen and oxygen atoms in total. The molecule has 0 atom stereocenters. The van der Waals surface area contributed by atoms with Crippen LogP contribution >= 0.6 is 11.3 Å². The van der Waals surface area contributed by atoms with Gasteiger partial charge in [-0.25, -0.2) is 4.98 Å². The molecule has 3 aromatic rings. The Morgan fingerprint density at radius 2 is 2.04 bits per heavy atom. The summed E-state index contributed by atoms with van der Waals surface area (Å²) in [5.74, 6) is -0.676. The number of thiazole rings is 1. The van der Waals surface area contributed by atoms with Crippen LogP contribution in [0.4, 0.5) is 8.78 Å². The molecule has 0 aliphatic carbocycles. The number of benzene rings is 2. The average molecular weight is 392 g/mol. The van der Waals surface area contributed by atoms with E-state index in [4.69, 9.17) is 4.74 Å². The first-order chi connectivity index (χ1) is 13.1. The van der Waals surface area contributed by atoms with Gasteiger partial charge in [0.05, 0.1) is 27.9 Å². The number of carbonyl (C=O) groups excluding carboxylic acids is 1. The summed E-state index contributed by atoms with van der Waals surface area (Å²) < 4.78 is 35.9. The van der Waals surface area contributed by atoms with Crippen LogP contribution in [0.1, 0.15) is 21.8 Å². The van der Waals surface area contributed by atoms with Gasteiger partial charge in [-0.05, 0) is 30.7 Å². The van der Waals surface area contributed by atoms with Gasteiger partial charge >= 0.3 is 6.61 Å². The highest BCUT2D eigenvalue weighted by molar-refractivity contribution is 7.18. The van der Waals surface area contributed by atoms with Crippen molar-refractivity contribution in [2.45, 2.75) is 19.5 Å². The van der Waals surface area contributed by atoms with Crippen molar-refractivity contribution in [3.63, 3.8) is 0 Å². The summed E-state index contributed by atoms with van der Waals surface area (Å²) in [4.78, 5) is 16.9. The number of rotatable bonds is 8. The van der Waals surface area contributed by atoms with E-state index >= 15 is 0 Å². The third-order valence-corrected chi connectivity index (χ3v) is 4.94. The second-order valence-electron chi connectivity index (χ2n) is 5.65. The predicted octanol–water partition coefficient (Wildman–Crippen LogP) is 4.27. The number of aromatic nitrogens is 1. The van der Waals surface area contributed by atoms with Gasteiger partial charge in [-0.15, -0.1) is 11.3 Å². The van der Waals surface area contributed by atoms with Gasteiger partial charge in [0.25, 0.3) is 5.91 Å². The standard InChI is InChI=1S/C19H18F2N2O3S/c1-25-14-8-4-6-12(17(14)26-19(20)21)18(24)22-11-5-10-16-23-13-7-2-3-9-15(13)27-16/h2-4,6-9,19H,5,10-11H2,1H3,(H,22,24). The van der Waals surface area contributed by atoms with Gasteiger partial charge in [0.1, 0.15) is 0 Å². The number of ether oxygens (including phenoxy) is 2. The molecule has 2 aromatic carbocycles. The van der Waals surface area contributed by atoms with Gasteiger partial charge in [0.15, 0.2) is 11.5 Å². The average Bonchev–Trinajstić information content (AvgIpc) is 3.07. The van der Waals surface area contributed by atoms with Crippen molar-refractivity contribution < 1.29 is 23.0 Å². The highest BCUT2D eigenvalue weighted by Crippen LogP contribution is 2.32. The van der Waals surface area contributed by atoms with E-state index in [2.05, 4.69) is 15.0 Å². The van der Waals surface area contributed by atoms with Crippen LogP contribution in [0.15, 0.2) is 42.5 Å². The normalized spacial score (nSPS) is 11.0. The molecule has 1 aromatic heterocycles. The molecule has 1 amide bonds. The van der Waals surface area contributed by atoms with Crippen LogP contribution in [-0.2, 0) is 6.42 Å². The van der Waals surface area contributed by atoms with Crippen molar-refractivity contribution in [2.24, 2.45) is 0 Å². The van der Waals surface area contributed by atoms with Gasteiger partial charge in [-0.1, -0.05) is 18.2 Å². The fourth-order valence-electron chi connectivity index (χ4n) is 2.63. The molecule has 0 aliphatic rings. The molecule has 27 heavy (non-hydrogen) atoms. The maximum Gasteiger partial charge on any atom is 0.387 e. The van der Waals surface area contributed by atoms with Crippen LogP contribution in [0.2, 0.25) is 0 Å². The first-order valence-electron chi connectivity index (χ1n) is 8.33. The van der Waals surface area contributed by atoms with E-state index in [0.29, 0.717) is 13.0 Å². The molecule has 0 radical (unpaired) electrons. The number of carbonyl (C=O) groups is 1. The number of methoxy groups -OCH3 is 1. The van der Waals surface area contributed by atoms with Gasteiger partial charge in [-0.2, -0.15) is 8.78 Å². The minimum atomic E-state index is -3.05. The zero-order chi connectivity index (χ0) is 19.2. The fourth-order valence-corrected chi connectivity index (χ4v) is 3.64. The molecule has 0 spiro atoms. The minimum absolute atomic E-state index is 0.00892. The lowest BCUT2D eigenvalue weighted by molar-refractivity contribution is -0.0515. The quantitative estimate of drug-likeness (QED) is 0.582. The van der Waals surface area contributed by atoms with Crippen molar-refractivity contribution >= 4 is 27.5 Å². The zero-order valence-corrected chi connectivity index (χ0v) is 15.4. The topological polar surface area (TPSA) is 60.5 Å². The fraction of sp³-hybridized carbons (Fsp3) is 0.263. The lowest BCUT2D eigenvalue weighted by atomic mass is 10.1. The van der Waals surface area contributed by atoms with Crippen molar-refractivity contribution in [1.82, 2.24) is 10.3 Å². The maximum absolute atomic E-state index is 12.6. The van der Waals surface area contributed by atoms with E-state index in [0.717, 1.165) is 21.6 Å². The number of fused-ring (bicyclic) bond motifs is 1. The summed E-state index contributed by atoms with van der Waals surface area (Å²) in [6.07, 6.45) is 1.40. The van der Waals surface area contributed by atoms with E-state index in [9.17, 15) is 13.6 Å². The van der Waals surface area contributed by atoms with Crippen LogP contribution < -0.4 is 14.8 Å². The first kappa shape index (κ1) is 19.0. The summed E-state index contributed by atoms with van der Waals surface area (Å²) in [6, 6.07) is 12.3. The van der Waals surface area contributed by atoms with Crippen molar-refractivity contribution in [3.05, 3.63) is 53.0 Å². The molecule has 142 valence electrons. The Morgan fingerprint density at radius 1 is 1.22 bits per heavy atom. The summed E-state index contributed by atoms with van der Waals surface area (Å²) in [6.45, 7) is -2.66. The highest BCUT2D eigenvalue weighted by Gasteiger charge is 2.20. The molecule has 0 saturated heterocycles. The summed E-state index contributed by atoms with van der Waals surface area (Å²) >= 11 is 1.62. The molecule has 1 heterocycles. The number of nitrogens with one attached hydrogen (secondary N) is 1. The SMILES string of the molecule is COc1cccc(C(=O)NCCCc2nc3ccccc3s2)c1OC(F)F. The van der Waals surface area contributed by atoms with Gasteiger partial charge in [0.2, 0.25) is 0 Å². The molecule has 3 rings (SSSR count). The van der Waals surface area contributed by atoms with Crippen LogP contribution in [0.25, 0.3) is 10.2 Å². The van der Waals surface area contributed by atoms with E-state index in [1.807, 2.05) is 24.3 Å². The van der Waals surface area contributed by atoms with Gasteiger partial charge in [0, 0.05) is 13.0 Å². The molecule has 0 fully saturated rings. The Hall–Kier alpha value is -2.74. The van der Waals surface area contributed by atoms with E-state index in [-0.39, 0.29) is 17.1 Å². The van der Waals surface area contributed by atoms with Gasteiger partial charge < -0.3 is 14.8 Å². The highest BCUT2D eigenvalue weighted by atomic mass is 32.1. The van der Waals surface area contributed by atoms with Gasteiger partial charge in [-0.3, -0.25) is 4.79 Å². The number of amides is 1. The zero-order valence-electron chi connectivity index (χ0n) is 14.6.